The Labute approximate surface area is 143 Å². The molecule has 0 radical (unpaired) electrons. The number of fused-ring (bicyclic) bond motifs is 1. The van der Waals surface area contributed by atoms with Gasteiger partial charge in [-0.2, -0.15) is 18.2 Å². The van der Waals surface area contributed by atoms with Crippen LogP contribution >= 0.6 is 0 Å². The summed E-state index contributed by atoms with van der Waals surface area (Å²) in [4.78, 5) is 18.5. The second-order valence-electron chi connectivity index (χ2n) is 5.42. The Morgan fingerprint density at radius 2 is 1.96 bits per heavy atom. The molecule has 0 aliphatic carbocycles. The molecule has 0 amide bonds. The molecule has 3 N–H and O–H groups in total. The van der Waals surface area contributed by atoms with Crippen LogP contribution in [0.1, 0.15) is 11.5 Å². The number of nitrogens with one attached hydrogen (secondary N) is 1. The van der Waals surface area contributed by atoms with Crippen molar-refractivity contribution in [1.82, 2.24) is 30.1 Å². The number of alkyl halides is 3. The Hall–Kier alpha value is -3.50. The number of nitrogens with two attached hydrogens (primary N) is 1. The van der Waals surface area contributed by atoms with Gasteiger partial charge in [-0.25, -0.2) is 15.0 Å². The molecule has 132 valence electrons. The highest BCUT2D eigenvalue weighted by Gasteiger charge is 2.36. The first-order valence-electron chi connectivity index (χ1n) is 7.32. The number of aryl methyl sites for hydroxylation is 1. The largest absolute Gasteiger partial charge is 0.419 e. The van der Waals surface area contributed by atoms with E-state index in [2.05, 4.69) is 30.1 Å². The van der Waals surface area contributed by atoms with E-state index < -0.39 is 11.7 Å². The average molecular weight is 361 g/mol. The van der Waals surface area contributed by atoms with E-state index in [0.29, 0.717) is 28.8 Å². The van der Waals surface area contributed by atoms with Crippen LogP contribution in [0.4, 0.5) is 19.1 Å². The monoisotopic (exact) mass is 361 g/mol. The van der Waals surface area contributed by atoms with Crippen LogP contribution in [0.3, 0.4) is 0 Å². The third kappa shape index (κ3) is 2.62. The maximum atomic E-state index is 13.3. The Balaban J connectivity index is 1.88. The summed E-state index contributed by atoms with van der Waals surface area (Å²) >= 11 is 0. The Morgan fingerprint density at radius 3 is 2.65 bits per heavy atom. The molecule has 8 nitrogen and oxygen atoms in total. The number of anilines is 1. The average Bonchev–Trinajstić information content (AvgIpc) is 3.19. The Kier molecular flexibility index (Phi) is 3.39. The summed E-state index contributed by atoms with van der Waals surface area (Å²) in [6, 6.07) is 3.19. The first kappa shape index (κ1) is 16.0. The van der Waals surface area contributed by atoms with Gasteiger partial charge < -0.3 is 15.2 Å². The molecule has 0 spiro atoms. The predicted octanol–water partition coefficient (Wildman–Crippen LogP) is 2.98. The standard InChI is InChI=1S/C15H10F3N7O/c1-6-22-13(25-26-6)10-3-2-7-8(4-20-12(7)23-10)11-9(15(16,17)18)5-21-14(19)24-11/h2-5H,1H3,(H,20,23)(H2,19,21,24). The maximum absolute atomic E-state index is 13.3. The highest BCUT2D eigenvalue weighted by Crippen LogP contribution is 2.38. The van der Waals surface area contributed by atoms with E-state index in [-0.39, 0.29) is 23.0 Å². The van der Waals surface area contributed by atoms with Crippen LogP contribution in [0.25, 0.3) is 33.8 Å². The summed E-state index contributed by atoms with van der Waals surface area (Å²) in [5, 5.41) is 4.21. The molecule has 4 rings (SSSR count). The van der Waals surface area contributed by atoms with Crippen LogP contribution in [-0.4, -0.2) is 30.1 Å². The normalized spacial score (nSPS) is 12.0. The van der Waals surface area contributed by atoms with Gasteiger partial charge in [0.2, 0.25) is 17.7 Å². The van der Waals surface area contributed by atoms with Gasteiger partial charge in [0.1, 0.15) is 16.9 Å². The number of hydrogen-bond acceptors (Lipinski definition) is 7. The zero-order valence-corrected chi connectivity index (χ0v) is 13.2. The third-order valence-corrected chi connectivity index (χ3v) is 3.66. The molecular formula is C15H10F3N7O. The molecule has 26 heavy (non-hydrogen) atoms. The number of aromatic nitrogens is 6. The molecule has 4 heterocycles. The van der Waals surface area contributed by atoms with Gasteiger partial charge >= 0.3 is 6.18 Å². The van der Waals surface area contributed by atoms with Crippen LogP contribution in [0.15, 0.2) is 29.0 Å². The minimum Gasteiger partial charge on any atom is -0.368 e. The van der Waals surface area contributed by atoms with Crippen molar-refractivity contribution in [3.63, 3.8) is 0 Å². The first-order chi connectivity index (χ1) is 12.3. The van der Waals surface area contributed by atoms with Crippen LogP contribution in [0.5, 0.6) is 0 Å². The van der Waals surface area contributed by atoms with Crippen molar-refractivity contribution in [1.29, 1.82) is 0 Å². The Bertz CT molecular complexity index is 1120. The van der Waals surface area contributed by atoms with E-state index in [1.807, 2.05) is 0 Å². The SMILES string of the molecule is Cc1nc(-c2ccc3c(-c4nc(N)ncc4C(F)(F)F)c[nH]c3n2)no1. The van der Waals surface area contributed by atoms with Crippen molar-refractivity contribution in [2.75, 3.05) is 5.73 Å². The van der Waals surface area contributed by atoms with Crippen LogP contribution < -0.4 is 5.73 Å². The molecule has 0 aromatic carbocycles. The zero-order chi connectivity index (χ0) is 18.5. The van der Waals surface area contributed by atoms with E-state index in [9.17, 15) is 13.2 Å². The lowest BCUT2D eigenvalue weighted by Crippen LogP contribution is -2.10. The lowest BCUT2D eigenvalue weighted by Gasteiger charge is -2.11. The second kappa shape index (κ2) is 5.51. The molecular weight excluding hydrogens is 351 g/mol. The van der Waals surface area contributed by atoms with Gasteiger partial charge in [0, 0.05) is 30.3 Å². The lowest BCUT2D eigenvalue weighted by molar-refractivity contribution is -0.137. The van der Waals surface area contributed by atoms with E-state index in [1.165, 1.54) is 6.20 Å². The number of halogens is 3. The molecule has 11 heteroatoms. The van der Waals surface area contributed by atoms with Crippen molar-refractivity contribution in [2.45, 2.75) is 13.1 Å². The van der Waals surface area contributed by atoms with E-state index in [1.54, 1.807) is 19.1 Å². The zero-order valence-electron chi connectivity index (χ0n) is 13.2. The van der Waals surface area contributed by atoms with Gasteiger partial charge in [0.25, 0.3) is 0 Å². The van der Waals surface area contributed by atoms with Gasteiger partial charge in [-0.05, 0) is 12.1 Å². The highest BCUT2D eigenvalue weighted by atomic mass is 19.4. The van der Waals surface area contributed by atoms with Crippen LogP contribution in [0.2, 0.25) is 0 Å². The predicted molar refractivity (Wildman–Crippen MR) is 84.6 cm³/mol. The van der Waals surface area contributed by atoms with Crippen molar-refractivity contribution in [2.24, 2.45) is 0 Å². The number of nitrogens with zero attached hydrogens (tertiary/aromatic N) is 5. The fourth-order valence-electron chi connectivity index (χ4n) is 2.54. The summed E-state index contributed by atoms with van der Waals surface area (Å²) in [6.45, 7) is 1.64. The van der Waals surface area contributed by atoms with Gasteiger partial charge in [-0.15, -0.1) is 0 Å². The number of rotatable bonds is 2. The maximum Gasteiger partial charge on any atom is 0.419 e. The third-order valence-electron chi connectivity index (χ3n) is 3.66. The van der Waals surface area contributed by atoms with E-state index in [0.717, 1.165) is 0 Å². The molecule has 0 atom stereocenters. The summed E-state index contributed by atoms with van der Waals surface area (Å²) in [5.41, 5.74) is 5.16. The van der Waals surface area contributed by atoms with Gasteiger partial charge in [0.15, 0.2) is 0 Å². The van der Waals surface area contributed by atoms with Crippen molar-refractivity contribution >= 4 is 17.0 Å². The van der Waals surface area contributed by atoms with Crippen molar-refractivity contribution in [3.05, 3.63) is 36.0 Å². The highest BCUT2D eigenvalue weighted by molar-refractivity contribution is 5.94. The minimum atomic E-state index is -4.62. The quantitative estimate of drug-likeness (QED) is 0.563. The first-order valence-corrected chi connectivity index (χ1v) is 7.32. The van der Waals surface area contributed by atoms with E-state index in [4.69, 9.17) is 10.3 Å². The van der Waals surface area contributed by atoms with Gasteiger partial charge in [0.05, 0.1) is 5.69 Å². The van der Waals surface area contributed by atoms with Gasteiger partial charge in [-0.1, -0.05) is 5.16 Å². The van der Waals surface area contributed by atoms with Crippen molar-refractivity contribution in [3.8, 4) is 22.8 Å². The molecule has 0 aliphatic rings. The molecule has 0 bridgehead atoms. The topological polar surface area (TPSA) is 119 Å². The molecule has 0 fully saturated rings. The fraction of sp³-hybridized carbons (Fsp3) is 0.133. The summed E-state index contributed by atoms with van der Waals surface area (Å²) < 4.78 is 44.8. The number of nitrogen functional groups attached to an aromatic ring is 1. The summed E-state index contributed by atoms with van der Waals surface area (Å²) in [5.74, 6) is 0.400. The number of aromatic amines is 1. The van der Waals surface area contributed by atoms with Crippen LogP contribution in [-0.2, 0) is 6.18 Å². The molecule has 0 aliphatic heterocycles. The Morgan fingerprint density at radius 1 is 1.15 bits per heavy atom. The summed E-state index contributed by atoms with van der Waals surface area (Å²) in [7, 11) is 0. The number of H-pyrrole nitrogens is 1. The lowest BCUT2D eigenvalue weighted by atomic mass is 10.1. The minimum absolute atomic E-state index is 0.213. The van der Waals surface area contributed by atoms with Crippen LogP contribution in [0, 0.1) is 6.92 Å². The summed E-state index contributed by atoms with van der Waals surface area (Å²) in [6.07, 6.45) is -2.57. The fourth-order valence-corrected chi connectivity index (χ4v) is 2.54. The molecule has 0 saturated heterocycles. The van der Waals surface area contributed by atoms with Crippen molar-refractivity contribution < 1.29 is 17.7 Å². The second-order valence-corrected chi connectivity index (χ2v) is 5.42. The number of pyridine rings is 1. The van der Waals surface area contributed by atoms with Gasteiger partial charge in [-0.3, -0.25) is 0 Å². The number of hydrogen-bond donors (Lipinski definition) is 2. The van der Waals surface area contributed by atoms with E-state index >= 15 is 0 Å². The molecule has 0 unspecified atom stereocenters. The smallest absolute Gasteiger partial charge is 0.368 e. The molecule has 4 aromatic heterocycles. The molecule has 4 aromatic rings. The molecule has 0 saturated carbocycles.